The number of nitrogens with one attached hydrogen (secondary N) is 1. The zero-order valence-corrected chi connectivity index (χ0v) is 16.5. The number of hydrogen-bond donors (Lipinski definition) is 1. The molecule has 9 heteroatoms. The van der Waals surface area contributed by atoms with Crippen LogP contribution in [0.5, 0.6) is 0 Å². The van der Waals surface area contributed by atoms with Gasteiger partial charge >= 0.3 is 0 Å². The van der Waals surface area contributed by atoms with Crippen LogP contribution in [0.1, 0.15) is 18.7 Å². The van der Waals surface area contributed by atoms with Crippen molar-refractivity contribution in [3.05, 3.63) is 52.4 Å². The van der Waals surface area contributed by atoms with Crippen molar-refractivity contribution >= 4 is 34.5 Å². The van der Waals surface area contributed by atoms with Crippen molar-refractivity contribution in [2.45, 2.75) is 19.4 Å². The molecule has 1 aliphatic rings. The number of benzene rings is 1. The Labute approximate surface area is 170 Å². The number of thiophene rings is 1. The van der Waals surface area contributed by atoms with Gasteiger partial charge in [-0.3, -0.25) is 9.69 Å². The predicted octanol–water partition coefficient (Wildman–Crippen LogP) is 4.44. The molecule has 3 heterocycles. The van der Waals surface area contributed by atoms with E-state index in [-0.39, 0.29) is 16.8 Å². The first kappa shape index (κ1) is 19.0. The van der Waals surface area contributed by atoms with Crippen LogP contribution in [-0.2, 0) is 11.3 Å². The quantitative estimate of drug-likeness (QED) is 0.660. The second kappa shape index (κ2) is 8.38. The highest BCUT2D eigenvalue weighted by atomic mass is 35.5. The number of amides is 1. The minimum Gasteiger partial charge on any atom is -0.338 e. The molecule has 1 saturated heterocycles. The van der Waals surface area contributed by atoms with Gasteiger partial charge < -0.3 is 9.84 Å². The molecule has 1 fully saturated rings. The lowest BCUT2D eigenvalue weighted by molar-refractivity contribution is -0.121. The lowest BCUT2D eigenvalue weighted by atomic mass is 9.96. The van der Waals surface area contributed by atoms with Gasteiger partial charge in [-0.2, -0.15) is 4.98 Å². The van der Waals surface area contributed by atoms with Crippen molar-refractivity contribution in [1.29, 1.82) is 0 Å². The van der Waals surface area contributed by atoms with Gasteiger partial charge in [0.25, 0.3) is 0 Å². The molecule has 0 unspecified atom stereocenters. The van der Waals surface area contributed by atoms with Crippen molar-refractivity contribution in [3.63, 3.8) is 0 Å². The van der Waals surface area contributed by atoms with Crippen LogP contribution >= 0.6 is 22.9 Å². The van der Waals surface area contributed by atoms with E-state index in [1.165, 1.54) is 18.2 Å². The number of piperidine rings is 1. The summed E-state index contributed by atoms with van der Waals surface area (Å²) in [5.74, 6) is 0.519. The normalized spacial score (nSPS) is 15.6. The predicted molar refractivity (Wildman–Crippen MR) is 106 cm³/mol. The topological polar surface area (TPSA) is 71.3 Å². The molecular formula is C19H18ClFN4O2S. The maximum Gasteiger partial charge on any atom is 0.241 e. The Morgan fingerprint density at radius 1 is 1.36 bits per heavy atom. The van der Waals surface area contributed by atoms with E-state index in [0.29, 0.717) is 23.9 Å². The van der Waals surface area contributed by atoms with E-state index in [1.807, 2.05) is 17.5 Å². The molecule has 0 bridgehead atoms. The summed E-state index contributed by atoms with van der Waals surface area (Å²) in [6.07, 6.45) is 1.46. The molecule has 146 valence electrons. The van der Waals surface area contributed by atoms with Crippen molar-refractivity contribution < 1.29 is 13.7 Å². The first-order chi connectivity index (χ1) is 13.6. The fraction of sp³-hybridized carbons (Fsp3) is 0.316. The molecule has 6 nitrogen and oxygen atoms in total. The number of anilines is 1. The Hall–Kier alpha value is -2.29. The van der Waals surface area contributed by atoms with Crippen LogP contribution in [0.25, 0.3) is 10.7 Å². The molecule has 0 spiro atoms. The van der Waals surface area contributed by atoms with Gasteiger partial charge in [0.05, 0.1) is 16.4 Å². The number of aromatic nitrogens is 2. The van der Waals surface area contributed by atoms with Gasteiger partial charge in [0.2, 0.25) is 17.6 Å². The third-order valence-corrected chi connectivity index (χ3v) is 5.87. The highest BCUT2D eigenvalue weighted by Gasteiger charge is 2.26. The Kier molecular flexibility index (Phi) is 5.70. The van der Waals surface area contributed by atoms with Crippen molar-refractivity contribution in [2.24, 2.45) is 5.92 Å². The second-order valence-corrected chi connectivity index (χ2v) is 8.01. The van der Waals surface area contributed by atoms with Crippen molar-refractivity contribution in [3.8, 4) is 10.7 Å². The number of likely N-dealkylation sites (tertiary alicyclic amines) is 1. The first-order valence-electron chi connectivity index (χ1n) is 8.93. The molecular weight excluding hydrogens is 403 g/mol. The Balaban J connectivity index is 1.28. The van der Waals surface area contributed by atoms with Crippen LogP contribution < -0.4 is 5.32 Å². The zero-order chi connectivity index (χ0) is 19.5. The van der Waals surface area contributed by atoms with E-state index in [4.69, 9.17) is 16.1 Å². The van der Waals surface area contributed by atoms with Gasteiger partial charge in [-0.15, -0.1) is 11.3 Å². The molecule has 0 saturated carbocycles. The third-order valence-electron chi connectivity index (χ3n) is 4.71. The number of hydrogen-bond acceptors (Lipinski definition) is 6. The second-order valence-electron chi connectivity index (χ2n) is 6.66. The lowest BCUT2D eigenvalue weighted by Crippen LogP contribution is -2.37. The Morgan fingerprint density at radius 2 is 2.18 bits per heavy atom. The summed E-state index contributed by atoms with van der Waals surface area (Å²) in [4.78, 5) is 20.1. The van der Waals surface area contributed by atoms with E-state index in [9.17, 15) is 9.18 Å². The zero-order valence-electron chi connectivity index (χ0n) is 14.9. The van der Waals surface area contributed by atoms with Crippen LogP contribution in [0.2, 0.25) is 5.02 Å². The molecule has 0 aliphatic carbocycles. The smallest absolute Gasteiger partial charge is 0.241 e. The van der Waals surface area contributed by atoms with Gasteiger partial charge in [-0.05, 0) is 55.6 Å². The van der Waals surface area contributed by atoms with Gasteiger partial charge in [0, 0.05) is 11.6 Å². The van der Waals surface area contributed by atoms with Crippen LogP contribution in [0.3, 0.4) is 0 Å². The summed E-state index contributed by atoms with van der Waals surface area (Å²) >= 11 is 7.33. The van der Waals surface area contributed by atoms with Crippen molar-refractivity contribution in [1.82, 2.24) is 15.0 Å². The third kappa shape index (κ3) is 4.40. The fourth-order valence-electron chi connectivity index (χ4n) is 3.19. The van der Waals surface area contributed by atoms with Gasteiger partial charge in [0.1, 0.15) is 5.82 Å². The number of halogens is 2. The minimum atomic E-state index is -0.503. The van der Waals surface area contributed by atoms with Crippen molar-refractivity contribution in [2.75, 3.05) is 18.4 Å². The van der Waals surface area contributed by atoms with Crippen LogP contribution in [0, 0.1) is 11.7 Å². The highest BCUT2D eigenvalue weighted by molar-refractivity contribution is 7.13. The molecule has 2 aromatic heterocycles. The average Bonchev–Trinajstić information content (AvgIpc) is 3.37. The molecule has 0 radical (unpaired) electrons. The summed E-state index contributed by atoms with van der Waals surface area (Å²) in [6.45, 7) is 2.10. The van der Waals surface area contributed by atoms with Gasteiger partial charge in [0.15, 0.2) is 0 Å². The molecule has 4 rings (SSSR count). The molecule has 1 aromatic carbocycles. The fourth-order valence-corrected chi connectivity index (χ4v) is 4.02. The summed E-state index contributed by atoms with van der Waals surface area (Å²) in [7, 11) is 0. The van der Waals surface area contributed by atoms with E-state index in [2.05, 4.69) is 20.4 Å². The first-order valence-corrected chi connectivity index (χ1v) is 10.2. The minimum absolute atomic E-state index is 0.00547. The van der Waals surface area contributed by atoms with Gasteiger partial charge in [-0.1, -0.05) is 22.8 Å². The van der Waals surface area contributed by atoms with E-state index in [0.717, 1.165) is 30.8 Å². The summed E-state index contributed by atoms with van der Waals surface area (Å²) < 4.78 is 18.6. The largest absolute Gasteiger partial charge is 0.338 e. The highest BCUT2D eigenvalue weighted by Crippen LogP contribution is 2.25. The number of carbonyl (C=O) groups excluding carboxylic acids is 1. The van der Waals surface area contributed by atoms with E-state index < -0.39 is 5.82 Å². The molecule has 1 N–H and O–H groups in total. The maximum absolute atomic E-state index is 13.2. The molecule has 1 aliphatic heterocycles. The summed E-state index contributed by atoms with van der Waals surface area (Å²) in [5, 5.41) is 8.81. The van der Waals surface area contributed by atoms with E-state index >= 15 is 0 Å². The van der Waals surface area contributed by atoms with Crippen LogP contribution in [0.4, 0.5) is 10.1 Å². The van der Waals surface area contributed by atoms with Gasteiger partial charge in [-0.25, -0.2) is 4.39 Å². The SMILES string of the molecule is O=C(Nc1ccc(F)c(Cl)c1)C1CCN(Cc2nc(-c3cccs3)no2)CC1. The Morgan fingerprint density at radius 3 is 2.89 bits per heavy atom. The lowest BCUT2D eigenvalue weighted by Gasteiger charge is -2.30. The number of carbonyl (C=O) groups is 1. The molecule has 1 amide bonds. The van der Waals surface area contributed by atoms with Crippen LogP contribution in [-0.4, -0.2) is 34.0 Å². The number of nitrogens with zero attached hydrogens (tertiary/aromatic N) is 3. The summed E-state index contributed by atoms with van der Waals surface area (Å²) in [5.41, 5.74) is 0.505. The average molecular weight is 421 g/mol. The summed E-state index contributed by atoms with van der Waals surface area (Å²) in [6, 6.07) is 8.08. The van der Waals surface area contributed by atoms with Crippen LogP contribution in [0.15, 0.2) is 40.2 Å². The molecule has 0 atom stereocenters. The Bertz CT molecular complexity index is 955. The standard InChI is InChI=1S/C19H18ClFN4O2S/c20-14-10-13(3-4-15(14)21)22-19(26)12-5-7-25(8-6-12)11-17-23-18(24-27-17)16-2-1-9-28-16/h1-4,9-10,12H,5-8,11H2,(H,22,26). The molecule has 3 aromatic rings. The van der Waals surface area contributed by atoms with E-state index in [1.54, 1.807) is 11.3 Å². The monoisotopic (exact) mass is 420 g/mol. The number of rotatable bonds is 5. The maximum atomic E-state index is 13.2. The molecule has 28 heavy (non-hydrogen) atoms.